The van der Waals surface area contributed by atoms with Crippen molar-refractivity contribution in [2.24, 2.45) is 11.3 Å². The van der Waals surface area contributed by atoms with Crippen molar-refractivity contribution in [2.45, 2.75) is 83.3 Å². The molecule has 1 saturated heterocycles. The van der Waals surface area contributed by atoms with Crippen LogP contribution in [0.4, 0.5) is 0 Å². The molecule has 1 spiro atoms. The molecule has 0 N–H and O–H groups in total. The third-order valence-corrected chi connectivity index (χ3v) is 13.3. The van der Waals surface area contributed by atoms with Gasteiger partial charge >= 0.3 is 0 Å². The fraction of sp³-hybridized carbons (Fsp3) is 0.594. The SMILES string of the molecule is CC(C)(C)[Si](C)(C)OC1CCC(C(C#N)(COCc2ccccc2)COCc2ccccc2)CC12OCCO2. The predicted octanol–water partition coefficient (Wildman–Crippen LogP) is 6.86. The van der Waals surface area contributed by atoms with Crippen LogP contribution in [-0.4, -0.2) is 46.6 Å². The van der Waals surface area contributed by atoms with Crippen LogP contribution in [-0.2, 0) is 36.6 Å². The van der Waals surface area contributed by atoms with Crippen LogP contribution in [0.1, 0.15) is 51.2 Å². The number of benzene rings is 2. The summed E-state index contributed by atoms with van der Waals surface area (Å²) in [6, 6.07) is 22.8. The van der Waals surface area contributed by atoms with Gasteiger partial charge in [-0.15, -0.1) is 0 Å². The lowest BCUT2D eigenvalue weighted by molar-refractivity contribution is -0.248. The number of hydrogen-bond donors (Lipinski definition) is 0. The molecular formula is C32H45NO5Si. The number of hydrogen-bond acceptors (Lipinski definition) is 6. The summed E-state index contributed by atoms with van der Waals surface area (Å²) in [4.78, 5) is 0. The van der Waals surface area contributed by atoms with Gasteiger partial charge in [0.2, 0.25) is 0 Å². The third kappa shape index (κ3) is 7.18. The molecule has 0 aromatic heterocycles. The molecule has 1 aliphatic heterocycles. The molecule has 1 heterocycles. The molecule has 2 atom stereocenters. The average molecular weight is 552 g/mol. The number of ether oxygens (including phenoxy) is 4. The highest BCUT2D eigenvalue weighted by Gasteiger charge is 2.56. The summed E-state index contributed by atoms with van der Waals surface area (Å²) in [6.07, 6.45) is 2.04. The van der Waals surface area contributed by atoms with Crippen LogP contribution < -0.4 is 0 Å². The highest BCUT2D eigenvalue weighted by Crippen LogP contribution is 2.49. The Balaban J connectivity index is 1.53. The second kappa shape index (κ2) is 12.6. The number of nitrogens with zero attached hydrogens (tertiary/aromatic N) is 1. The lowest BCUT2D eigenvalue weighted by Crippen LogP contribution is -2.58. The molecule has 212 valence electrons. The van der Waals surface area contributed by atoms with Gasteiger partial charge in [-0.25, -0.2) is 0 Å². The maximum Gasteiger partial charge on any atom is 0.193 e. The fourth-order valence-corrected chi connectivity index (χ4v) is 6.72. The molecule has 2 aromatic rings. The Labute approximate surface area is 235 Å². The van der Waals surface area contributed by atoms with Gasteiger partial charge in [0.1, 0.15) is 5.41 Å². The molecule has 1 aliphatic carbocycles. The molecule has 2 aliphatic rings. The molecular weight excluding hydrogens is 506 g/mol. The maximum absolute atomic E-state index is 10.7. The quantitative estimate of drug-likeness (QED) is 0.284. The molecule has 6 nitrogen and oxygen atoms in total. The Morgan fingerprint density at radius 2 is 1.38 bits per heavy atom. The van der Waals surface area contributed by atoms with E-state index in [1.54, 1.807) is 0 Å². The fourth-order valence-electron chi connectivity index (χ4n) is 5.36. The minimum absolute atomic E-state index is 0.0218. The lowest BCUT2D eigenvalue weighted by atomic mass is 9.67. The zero-order chi connectivity index (χ0) is 28.0. The van der Waals surface area contributed by atoms with Gasteiger partial charge in [0.25, 0.3) is 0 Å². The first-order valence-electron chi connectivity index (χ1n) is 14.2. The second-order valence-electron chi connectivity index (χ2n) is 12.6. The van der Waals surface area contributed by atoms with E-state index in [-0.39, 0.29) is 30.3 Å². The summed E-state index contributed by atoms with van der Waals surface area (Å²) in [6.45, 7) is 13.8. The van der Waals surface area contributed by atoms with Crippen LogP contribution >= 0.6 is 0 Å². The van der Waals surface area contributed by atoms with Crippen molar-refractivity contribution in [3.63, 3.8) is 0 Å². The molecule has 2 fully saturated rings. The summed E-state index contributed by atoms with van der Waals surface area (Å²) in [5.74, 6) is -0.856. The van der Waals surface area contributed by atoms with E-state index in [2.05, 4.69) is 39.9 Å². The smallest absolute Gasteiger partial charge is 0.193 e. The summed E-state index contributed by atoms with van der Waals surface area (Å²) in [7, 11) is -2.05. The van der Waals surface area contributed by atoms with Gasteiger partial charge in [-0.2, -0.15) is 5.26 Å². The van der Waals surface area contributed by atoms with Crippen LogP contribution in [0.25, 0.3) is 0 Å². The summed E-state index contributed by atoms with van der Waals surface area (Å²) in [5.41, 5.74) is 1.33. The molecule has 0 radical (unpaired) electrons. The Bertz CT molecular complexity index is 1030. The molecule has 1 saturated carbocycles. The maximum atomic E-state index is 10.7. The van der Waals surface area contributed by atoms with E-state index >= 15 is 0 Å². The van der Waals surface area contributed by atoms with Crippen molar-refractivity contribution in [2.75, 3.05) is 26.4 Å². The van der Waals surface area contributed by atoms with E-state index in [1.165, 1.54) is 0 Å². The van der Waals surface area contributed by atoms with Gasteiger partial charge in [-0.3, -0.25) is 0 Å². The Hall–Kier alpha value is -2.05. The van der Waals surface area contributed by atoms with Crippen molar-refractivity contribution < 1.29 is 23.4 Å². The minimum atomic E-state index is -2.05. The third-order valence-electron chi connectivity index (χ3n) is 8.76. The van der Waals surface area contributed by atoms with Crippen molar-refractivity contribution in [3.05, 3.63) is 71.8 Å². The monoisotopic (exact) mass is 551 g/mol. The first kappa shape index (κ1) is 29.9. The van der Waals surface area contributed by atoms with Crippen LogP contribution in [0.5, 0.6) is 0 Å². The lowest BCUT2D eigenvalue weighted by Gasteiger charge is -2.50. The number of rotatable bonds is 11. The van der Waals surface area contributed by atoms with Gasteiger partial charge in [0, 0.05) is 6.42 Å². The molecule has 2 aromatic carbocycles. The van der Waals surface area contributed by atoms with Crippen molar-refractivity contribution in [3.8, 4) is 6.07 Å². The van der Waals surface area contributed by atoms with Crippen LogP contribution in [0, 0.1) is 22.7 Å². The van der Waals surface area contributed by atoms with Gasteiger partial charge in [0.05, 0.1) is 51.8 Å². The first-order valence-corrected chi connectivity index (χ1v) is 17.1. The van der Waals surface area contributed by atoms with Crippen molar-refractivity contribution >= 4 is 8.32 Å². The van der Waals surface area contributed by atoms with E-state index < -0.39 is 19.5 Å². The summed E-state index contributed by atoms with van der Waals surface area (Å²) in [5, 5.41) is 10.8. The molecule has 0 amide bonds. The highest BCUT2D eigenvalue weighted by atomic mass is 28.4. The van der Waals surface area contributed by atoms with Crippen LogP contribution in [0.15, 0.2) is 60.7 Å². The average Bonchev–Trinajstić information content (AvgIpc) is 3.38. The van der Waals surface area contributed by atoms with Gasteiger partial charge < -0.3 is 23.4 Å². The highest BCUT2D eigenvalue weighted by molar-refractivity contribution is 6.74. The van der Waals surface area contributed by atoms with E-state index in [4.69, 9.17) is 23.4 Å². The molecule has 7 heteroatoms. The van der Waals surface area contributed by atoms with E-state index in [9.17, 15) is 5.26 Å². The summed E-state index contributed by atoms with van der Waals surface area (Å²) >= 11 is 0. The van der Waals surface area contributed by atoms with Crippen molar-refractivity contribution in [1.82, 2.24) is 0 Å². The van der Waals surface area contributed by atoms with Crippen molar-refractivity contribution in [1.29, 1.82) is 5.26 Å². The predicted molar refractivity (Wildman–Crippen MR) is 154 cm³/mol. The Morgan fingerprint density at radius 3 is 1.85 bits per heavy atom. The topological polar surface area (TPSA) is 69.9 Å². The normalized spacial score (nSPS) is 21.6. The summed E-state index contributed by atoms with van der Waals surface area (Å²) < 4.78 is 32.1. The zero-order valence-electron chi connectivity index (χ0n) is 24.3. The van der Waals surface area contributed by atoms with E-state index in [0.717, 1.165) is 24.0 Å². The first-order chi connectivity index (χ1) is 18.6. The Kier molecular flexibility index (Phi) is 9.69. The number of nitriles is 1. The standard InChI is InChI=1S/C32H45NO5Si/c1-30(2,3)39(4,5)38-29-17-16-28(20-32(29)36-18-19-37-32)31(23-33,24-34-21-26-12-8-6-9-13-26)25-35-22-27-14-10-7-11-15-27/h6-15,28-29H,16-22,24-25H2,1-5H3. The van der Waals surface area contributed by atoms with Gasteiger partial charge in [0.15, 0.2) is 14.1 Å². The molecule has 4 rings (SSSR count). The van der Waals surface area contributed by atoms with Crippen LogP contribution in [0.2, 0.25) is 18.1 Å². The van der Waals surface area contributed by atoms with Crippen LogP contribution in [0.3, 0.4) is 0 Å². The van der Waals surface area contributed by atoms with Gasteiger partial charge in [-0.1, -0.05) is 81.4 Å². The minimum Gasteiger partial charge on any atom is -0.408 e. The zero-order valence-corrected chi connectivity index (χ0v) is 25.3. The van der Waals surface area contributed by atoms with E-state index in [1.807, 2.05) is 60.7 Å². The second-order valence-corrected chi connectivity index (χ2v) is 17.3. The molecule has 2 unspecified atom stereocenters. The van der Waals surface area contributed by atoms with E-state index in [0.29, 0.717) is 32.8 Å². The molecule has 39 heavy (non-hydrogen) atoms. The Morgan fingerprint density at radius 1 is 0.872 bits per heavy atom. The largest absolute Gasteiger partial charge is 0.408 e. The van der Waals surface area contributed by atoms with Gasteiger partial charge in [-0.05, 0) is 48.0 Å². The molecule has 0 bridgehead atoms.